The van der Waals surface area contributed by atoms with Crippen LogP contribution in [0.2, 0.25) is 0 Å². The first-order valence-electron chi connectivity index (χ1n) is 7.14. The van der Waals surface area contributed by atoms with Crippen molar-refractivity contribution in [2.75, 3.05) is 20.6 Å². The second-order valence-electron chi connectivity index (χ2n) is 6.76. The molecule has 0 radical (unpaired) electrons. The minimum Gasteiger partial charge on any atom is -0.393 e. The van der Waals surface area contributed by atoms with Crippen LogP contribution in [0.4, 0.5) is 0 Å². The summed E-state index contributed by atoms with van der Waals surface area (Å²) in [6.45, 7) is 7.96. The maximum absolute atomic E-state index is 9.84. The lowest BCUT2D eigenvalue weighted by atomic mass is 9.89. The molecular weight excluding hydrogens is 210 g/mol. The van der Waals surface area contributed by atoms with Crippen molar-refractivity contribution in [2.45, 2.75) is 71.8 Å². The van der Waals surface area contributed by atoms with Gasteiger partial charge in [-0.15, -0.1) is 0 Å². The maximum Gasteiger partial charge on any atom is 0.0540 e. The highest BCUT2D eigenvalue weighted by Gasteiger charge is 2.11. The molecule has 0 saturated carbocycles. The van der Waals surface area contributed by atoms with Crippen LogP contribution in [0.15, 0.2) is 0 Å². The summed E-state index contributed by atoms with van der Waals surface area (Å²) < 4.78 is 0. The Kier molecular flexibility index (Phi) is 8.89. The zero-order chi connectivity index (χ0) is 13.3. The molecule has 0 heterocycles. The van der Waals surface area contributed by atoms with Gasteiger partial charge in [0.1, 0.15) is 0 Å². The van der Waals surface area contributed by atoms with Crippen molar-refractivity contribution in [2.24, 2.45) is 5.41 Å². The second-order valence-corrected chi connectivity index (χ2v) is 6.76. The van der Waals surface area contributed by atoms with Crippen molar-refractivity contribution in [1.29, 1.82) is 0 Å². The zero-order valence-electron chi connectivity index (χ0n) is 12.6. The van der Waals surface area contributed by atoms with Crippen LogP contribution in [0, 0.1) is 5.41 Å². The van der Waals surface area contributed by atoms with Crippen LogP contribution in [-0.2, 0) is 0 Å². The van der Waals surface area contributed by atoms with E-state index in [1.54, 1.807) is 0 Å². The Morgan fingerprint density at radius 2 is 1.53 bits per heavy atom. The van der Waals surface area contributed by atoms with Gasteiger partial charge in [-0.1, -0.05) is 40.0 Å². The number of aliphatic hydroxyl groups excluding tert-OH is 1. The average molecular weight is 243 g/mol. The summed E-state index contributed by atoms with van der Waals surface area (Å²) in [5.74, 6) is 0. The Bertz CT molecular complexity index is 172. The van der Waals surface area contributed by atoms with Gasteiger partial charge < -0.3 is 10.0 Å². The summed E-state index contributed by atoms with van der Waals surface area (Å²) in [4.78, 5) is 2.22. The molecule has 0 aromatic carbocycles. The van der Waals surface area contributed by atoms with Gasteiger partial charge in [0.05, 0.1) is 6.10 Å². The Labute approximate surface area is 108 Å². The van der Waals surface area contributed by atoms with E-state index in [1.165, 1.54) is 32.2 Å². The van der Waals surface area contributed by atoms with Crippen molar-refractivity contribution in [1.82, 2.24) is 4.90 Å². The highest BCUT2D eigenvalue weighted by molar-refractivity contribution is 4.64. The number of hydrogen-bond acceptors (Lipinski definition) is 2. The minimum absolute atomic E-state index is 0.0725. The fourth-order valence-corrected chi connectivity index (χ4v) is 2.00. The molecule has 0 aromatic heterocycles. The lowest BCUT2D eigenvalue weighted by Gasteiger charge is -2.19. The van der Waals surface area contributed by atoms with Crippen molar-refractivity contribution < 1.29 is 5.11 Å². The van der Waals surface area contributed by atoms with Gasteiger partial charge in [-0.2, -0.15) is 0 Å². The Hall–Kier alpha value is -0.0800. The fraction of sp³-hybridized carbons (Fsp3) is 1.00. The molecule has 17 heavy (non-hydrogen) atoms. The quantitative estimate of drug-likeness (QED) is 0.624. The third-order valence-corrected chi connectivity index (χ3v) is 3.11. The van der Waals surface area contributed by atoms with E-state index in [2.05, 4.69) is 39.8 Å². The normalized spacial score (nSPS) is 14.3. The van der Waals surface area contributed by atoms with E-state index in [-0.39, 0.29) is 6.10 Å². The van der Waals surface area contributed by atoms with Crippen molar-refractivity contribution in [3.05, 3.63) is 0 Å². The van der Waals surface area contributed by atoms with Gasteiger partial charge in [-0.3, -0.25) is 0 Å². The molecule has 1 atom stereocenters. The van der Waals surface area contributed by atoms with E-state index >= 15 is 0 Å². The Morgan fingerprint density at radius 3 is 2.06 bits per heavy atom. The molecule has 0 spiro atoms. The first-order valence-corrected chi connectivity index (χ1v) is 7.14. The minimum atomic E-state index is -0.0725. The van der Waals surface area contributed by atoms with Gasteiger partial charge in [0.15, 0.2) is 0 Å². The van der Waals surface area contributed by atoms with Crippen LogP contribution in [0.5, 0.6) is 0 Å². The summed E-state index contributed by atoms with van der Waals surface area (Å²) >= 11 is 0. The molecule has 0 fully saturated rings. The third kappa shape index (κ3) is 13.9. The summed E-state index contributed by atoms with van der Waals surface area (Å²) in [7, 11) is 4.22. The molecule has 0 unspecified atom stereocenters. The van der Waals surface area contributed by atoms with Crippen LogP contribution in [0.25, 0.3) is 0 Å². The van der Waals surface area contributed by atoms with E-state index in [1.807, 2.05) is 0 Å². The standard InChI is InChI=1S/C15H33NO/c1-15(2,3)12-9-11-14(17)10-7-6-8-13-16(4)5/h14,17H,6-13H2,1-5H3/t14-/m1/s1. The molecule has 104 valence electrons. The van der Waals surface area contributed by atoms with Crippen LogP contribution in [0.1, 0.15) is 65.7 Å². The topological polar surface area (TPSA) is 23.5 Å². The van der Waals surface area contributed by atoms with Crippen LogP contribution in [-0.4, -0.2) is 36.8 Å². The number of rotatable bonds is 9. The summed E-state index contributed by atoms with van der Waals surface area (Å²) in [6.07, 6.45) is 7.92. The monoisotopic (exact) mass is 243 g/mol. The summed E-state index contributed by atoms with van der Waals surface area (Å²) in [6, 6.07) is 0. The number of nitrogens with zero attached hydrogens (tertiary/aromatic N) is 1. The van der Waals surface area contributed by atoms with Crippen molar-refractivity contribution in [3.8, 4) is 0 Å². The Balaban J connectivity index is 3.32. The highest BCUT2D eigenvalue weighted by atomic mass is 16.3. The smallest absolute Gasteiger partial charge is 0.0540 e. The van der Waals surface area contributed by atoms with Crippen molar-refractivity contribution in [3.63, 3.8) is 0 Å². The molecule has 0 bridgehead atoms. The fourth-order valence-electron chi connectivity index (χ4n) is 2.00. The molecule has 0 rings (SSSR count). The number of unbranched alkanes of at least 4 members (excludes halogenated alkanes) is 2. The molecule has 0 aliphatic rings. The first kappa shape index (κ1) is 16.9. The van der Waals surface area contributed by atoms with Gasteiger partial charge in [0.25, 0.3) is 0 Å². The molecule has 2 nitrogen and oxygen atoms in total. The predicted octanol–water partition coefficient (Wildman–Crippen LogP) is 3.69. The van der Waals surface area contributed by atoms with E-state index in [0.717, 1.165) is 19.3 Å². The SMILES string of the molecule is CN(C)CCCCC[C@@H](O)CCCC(C)(C)C. The van der Waals surface area contributed by atoms with Crippen LogP contribution < -0.4 is 0 Å². The number of hydrogen-bond donors (Lipinski definition) is 1. The largest absolute Gasteiger partial charge is 0.393 e. The Morgan fingerprint density at radius 1 is 0.941 bits per heavy atom. The molecule has 1 N–H and O–H groups in total. The zero-order valence-corrected chi connectivity index (χ0v) is 12.6. The lowest BCUT2D eigenvalue weighted by Crippen LogP contribution is -2.13. The molecule has 0 aliphatic carbocycles. The predicted molar refractivity (Wildman–Crippen MR) is 76.3 cm³/mol. The maximum atomic E-state index is 9.84. The number of aliphatic hydroxyl groups is 1. The average Bonchev–Trinajstić information content (AvgIpc) is 2.14. The molecule has 0 aliphatic heterocycles. The third-order valence-electron chi connectivity index (χ3n) is 3.11. The first-order chi connectivity index (χ1) is 7.81. The van der Waals surface area contributed by atoms with E-state index in [9.17, 15) is 5.11 Å². The lowest BCUT2D eigenvalue weighted by molar-refractivity contribution is 0.142. The van der Waals surface area contributed by atoms with E-state index < -0.39 is 0 Å². The van der Waals surface area contributed by atoms with Gasteiger partial charge in [-0.05, 0) is 51.7 Å². The highest BCUT2D eigenvalue weighted by Crippen LogP contribution is 2.22. The molecular formula is C15H33NO. The van der Waals surface area contributed by atoms with Crippen LogP contribution in [0.3, 0.4) is 0 Å². The molecule has 2 heteroatoms. The van der Waals surface area contributed by atoms with Gasteiger partial charge in [0, 0.05) is 0 Å². The van der Waals surface area contributed by atoms with Gasteiger partial charge in [-0.25, -0.2) is 0 Å². The molecule has 0 aromatic rings. The van der Waals surface area contributed by atoms with Gasteiger partial charge in [0.2, 0.25) is 0 Å². The second kappa shape index (κ2) is 8.93. The van der Waals surface area contributed by atoms with E-state index in [4.69, 9.17) is 0 Å². The summed E-state index contributed by atoms with van der Waals surface area (Å²) in [5.41, 5.74) is 0.408. The molecule has 0 amide bonds. The molecule has 0 saturated heterocycles. The van der Waals surface area contributed by atoms with E-state index in [0.29, 0.717) is 5.41 Å². The summed E-state index contributed by atoms with van der Waals surface area (Å²) in [5, 5.41) is 9.84. The van der Waals surface area contributed by atoms with Gasteiger partial charge >= 0.3 is 0 Å². The van der Waals surface area contributed by atoms with Crippen LogP contribution >= 0.6 is 0 Å². The van der Waals surface area contributed by atoms with Crippen molar-refractivity contribution >= 4 is 0 Å².